The SMILES string of the molecule is O=C(O)c1ccc(COc2cc(F)ccc2Cl)o1. The summed E-state index contributed by atoms with van der Waals surface area (Å²) in [7, 11) is 0. The first-order valence-electron chi connectivity index (χ1n) is 4.96. The Labute approximate surface area is 107 Å². The molecule has 1 N–H and O–H groups in total. The molecule has 1 aromatic heterocycles. The van der Waals surface area contributed by atoms with Gasteiger partial charge < -0.3 is 14.3 Å². The van der Waals surface area contributed by atoms with Crippen molar-refractivity contribution >= 4 is 17.6 Å². The van der Waals surface area contributed by atoms with Gasteiger partial charge >= 0.3 is 5.97 Å². The molecule has 2 rings (SSSR count). The van der Waals surface area contributed by atoms with Crippen molar-refractivity contribution in [2.45, 2.75) is 6.61 Å². The quantitative estimate of drug-likeness (QED) is 0.925. The first-order valence-corrected chi connectivity index (χ1v) is 5.34. The number of halogens is 2. The van der Waals surface area contributed by atoms with Crippen LogP contribution in [0.2, 0.25) is 5.02 Å². The summed E-state index contributed by atoms with van der Waals surface area (Å²) in [5.74, 6) is -1.33. The van der Waals surface area contributed by atoms with Gasteiger partial charge in [0.25, 0.3) is 0 Å². The summed E-state index contributed by atoms with van der Waals surface area (Å²) in [6, 6.07) is 6.51. The van der Waals surface area contributed by atoms with Crippen LogP contribution in [0.25, 0.3) is 0 Å². The Balaban J connectivity index is 2.06. The molecule has 2 aromatic rings. The van der Waals surface area contributed by atoms with Crippen molar-refractivity contribution in [1.82, 2.24) is 0 Å². The van der Waals surface area contributed by atoms with E-state index in [2.05, 4.69) is 0 Å². The number of hydrogen-bond acceptors (Lipinski definition) is 3. The second-order valence-electron chi connectivity index (χ2n) is 3.43. The van der Waals surface area contributed by atoms with Gasteiger partial charge in [-0.2, -0.15) is 0 Å². The fourth-order valence-corrected chi connectivity index (χ4v) is 1.48. The number of carboxylic acid groups (broad SMARTS) is 1. The van der Waals surface area contributed by atoms with Gasteiger partial charge in [-0.05, 0) is 24.3 Å². The number of rotatable bonds is 4. The van der Waals surface area contributed by atoms with Crippen LogP contribution in [0.3, 0.4) is 0 Å². The largest absolute Gasteiger partial charge is 0.484 e. The zero-order valence-corrected chi connectivity index (χ0v) is 9.78. The minimum atomic E-state index is -1.16. The van der Waals surface area contributed by atoms with E-state index in [4.69, 9.17) is 25.9 Å². The summed E-state index contributed by atoms with van der Waals surface area (Å²) in [6.45, 7) is -0.0313. The van der Waals surface area contributed by atoms with E-state index >= 15 is 0 Å². The summed E-state index contributed by atoms with van der Waals surface area (Å²) in [5.41, 5.74) is 0. The Bertz CT molecular complexity index is 579. The van der Waals surface area contributed by atoms with Gasteiger partial charge in [-0.25, -0.2) is 9.18 Å². The zero-order chi connectivity index (χ0) is 13.1. The molecule has 0 aliphatic carbocycles. The smallest absolute Gasteiger partial charge is 0.371 e. The third kappa shape index (κ3) is 2.81. The summed E-state index contributed by atoms with van der Waals surface area (Å²) >= 11 is 5.80. The lowest BCUT2D eigenvalue weighted by Crippen LogP contribution is -1.96. The summed E-state index contributed by atoms with van der Waals surface area (Å²) < 4.78 is 23.2. The molecule has 1 heterocycles. The van der Waals surface area contributed by atoms with Crippen LogP contribution in [0.5, 0.6) is 5.75 Å². The van der Waals surface area contributed by atoms with E-state index in [0.717, 1.165) is 6.07 Å². The van der Waals surface area contributed by atoms with E-state index < -0.39 is 11.8 Å². The number of hydrogen-bond donors (Lipinski definition) is 1. The number of carbonyl (C=O) groups is 1. The second-order valence-corrected chi connectivity index (χ2v) is 3.84. The van der Waals surface area contributed by atoms with Crippen molar-refractivity contribution in [3.63, 3.8) is 0 Å². The molecule has 0 atom stereocenters. The maximum Gasteiger partial charge on any atom is 0.371 e. The molecular formula is C12H8ClFO4. The van der Waals surface area contributed by atoms with Gasteiger partial charge in [0, 0.05) is 6.07 Å². The van der Waals surface area contributed by atoms with Gasteiger partial charge in [-0.15, -0.1) is 0 Å². The second kappa shape index (κ2) is 5.10. The Morgan fingerprint density at radius 2 is 2.17 bits per heavy atom. The monoisotopic (exact) mass is 270 g/mol. The molecule has 0 bridgehead atoms. The zero-order valence-electron chi connectivity index (χ0n) is 9.02. The average molecular weight is 271 g/mol. The molecule has 94 valence electrons. The highest BCUT2D eigenvalue weighted by Gasteiger charge is 2.10. The third-order valence-electron chi connectivity index (χ3n) is 2.14. The molecule has 0 spiro atoms. The molecular weight excluding hydrogens is 263 g/mol. The number of ether oxygens (including phenoxy) is 1. The van der Waals surface area contributed by atoms with Crippen molar-refractivity contribution in [3.05, 3.63) is 52.7 Å². The first-order chi connectivity index (χ1) is 8.56. The predicted molar refractivity (Wildman–Crippen MR) is 61.4 cm³/mol. The van der Waals surface area contributed by atoms with Crippen molar-refractivity contribution in [2.24, 2.45) is 0 Å². The third-order valence-corrected chi connectivity index (χ3v) is 2.45. The Kier molecular flexibility index (Phi) is 3.53. The molecule has 0 saturated heterocycles. The van der Waals surface area contributed by atoms with E-state index in [1.165, 1.54) is 24.3 Å². The van der Waals surface area contributed by atoms with Crippen molar-refractivity contribution in [2.75, 3.05) is 0 Å². The highest BCUT2D eigenvalue weighted by molar-refractivity contribution is 6.32. The van der Waals surface area contributed by atoms with Crippen LogP contribution in [0.15, 0.2) is 34.7 Å². The fourth-order valence-electron chi connectivity index (χ4n) is 1.31. The molecule has 18 heavy (non-hydrogen) atoms. The normalized spacial score (nSPS) is 10.3. The molecule has 0 aliphatic rings. The van der Waals surface area contributed by atoms with E-state index in [1.807, 2.05) is 0 Å². The van der Waals surface area contributed by atoms with Gasteiger partial charge in [-0.1, -0.05) is 11.6 Å². The molecule has 0 aliphatic heterocycles. The van der Waals surface area contributed by atoms with Crippen LogP contribution >= 0.6 is 11.6 Å². The lowest BCUT2D eigenvalue weighted by molar-refractivity contribution is 0.0658. The van der Waals surface area contributed by atoms with E-state index in [1.54, 1.807) is 0 Å². The number of carboxylic acids is 1. The van der Waals surface area contributed by atoms with Crippen molar-refractivity contribution in [1.29, 1.82) is 0 Å². The van der Waals surface area contributed by atoms with Crippen molar-refractivity contribution < 1.29 is 23.4 Å². The van der Waals surface area contributed by atoms with Crippen molar-refractivity contribution in [3.8, 4) is 5.75 Å². The van der Waals surface area contributed by atoms with Crippen LogP contribution in [-0.2, 0) is 6.61 Å². The van der Waals surface area contributed by atoms with Gasteiger partial charge in [0.15, 0.2) is 0 Å². The minimum Gasteiger partial charge on any atom is -0.484 e. The molecule has 1 aromatic carbocycles. The topological polar surface area (TPSA) is 59.7 Å². The van der Waals surface area contributed by atoms with Crippen LogP contribution in [0.4, 0.5) is 4.39 Å². The fraction of sp³-hybridized carbons (Fsp3) is 0.0833. The molecule has 0 unspecified atom stereocenters. The van der Waals surface area contributed by atoms with Gasteiger partial charge in [0.05, 0.1) is 5.02 Å². The number of benzene rings is 1. The molecule has 0 radical (unpaired) electrons. The van der Waals surface area contributed by atoms with E-state index in [9.17, 15) is 9.18 Å². The van der Waals surface area contributed by atoms with E-state index in [0.29, 0.717) is 5.76 Å². The summed E-state index contributed by atoms with van der Waals surface area (Å²) in [4.78, 5) is 10.6. The Hall–Kier alpha value is -2.01. The number of furan rings is 1. The maximum absolute atomic E-state index is 12.9. The van der Waals surface area contributed by atoms with Crippen LogP contribution < -0.4 is 4.74 Å². The molecule has 0 saturated carbocycles. The molecule has 0 fully saturated rings. The minimum absolute atomic E-state index is 0.0313. The van der Waals surface area contributed by atoms with Gasteiger partial charge in [-0.3, -0.25) is 0 Å². The lowest BCUT2D eigenvalue weighted by Gasteiger charge is -2.06. The van der Waals surface area contributed by atoms with Gasteiger partial charge in [0.2, 0.25) is 5.76 Å². The maximum atomic E-state index is 12.9. The lowest BCUT2D eigenvalue weighted by atomic mass is 10.3. The Morgan fingerprint density at radius 3 is 2.83 bits per heavy atom. The van der Waals surface area contributed by atoms with Gasteiger partial charge in [0.1, 0.15) is 23.9 Å². The number of aromatic carboxylic acids is 1. The standard InChI is InChI=1S/C12H8ClFO4/c13-9-3-1-7(14)5-11(9)17-6-8-2-4-10(18-8)12(15)16/h1-5H,6H2,(H,15,16). The Morgan fingerprint density at radius 1 is 1.39 bits per heavy atom. The van der Waals surface area contributed by atoms with E-state index in [-0.39, 0.29) is 23.1 Å². The van der Waals surface area contributed by atoms with Crippen LogP contribution in [0.1, 0.15) is 16.3 Å². The summed E-state index contributed by atoms with van der Waals surface area (Å²) in [6.07, 6.45) is 0. The van der Waals surface area contributed by atoms with Crippen LogP contribution in [0, 0.1) is 5.82 Å². The predicted octanol–water partition coefficient (Wildman–Crippen LogP) is 3.35. The molecule has 4 nitrogen and oxygen atoms in total. The highest BCUT2D eigenvalue weighted by Crippen LogP contribution is 2.26. The van der Waals surface area contributed by atoms with Crippen LogP contribution in [-0.4, -0.2) is 11.1 Å². The molecule has 0 amide bonds. The molecule has 6 heteroatoms. The summed E-state index contributed by atoms with van der Waals surface area (Å²) in [5, 5.41) is 8.92. The first kappa shape index (κ1) is 12.4. The average Bonchev–Trinajstić information content (AvgIpc) is 2.79. The highest BCUT2D eigenvalue weighted by atomic mass is 35.5.